The highest BCUT2D eigenvalue weighted by atomic mass is 16.7. The van der Waals surface area contributed by atoms with Crippen molar-refractivity contribution in [2.75, 3.05) is 13.7 Å². The minimum Gasteiger partial charge on any atom is -0.378 e. The van der Waals surface area contributed by atoms with E-state index in [0.717, 1.165) is 5.56 Å². The van der Waals surface area contributed by atoms with E-state index in [0.29, 0.717) is 13.2 Å². The monoisotopic (exact) mass is 264 g/mol. The lowest BCUT2D eigenvalue weighted by molar-refractivity contribution is -0.221. The Morgan fingerprint density at radius 1 is 1.21 bits per heavy atom. The van der Waals surface area contributed by atoms with Gasteiger partial charge in [0.15, 0.2) is 6.29 Å². The maximum Gasteiger partial charge on any atom is 0.163 e. The van der Waals surface area contributed by atoms with Crippen LogP contribution in [0.5, 0.6) is 0 Å². The van der Waals surface area contributed by atoms with Gasteiger partial charge in [0.25, 0.3) is 0 Å². The van der Waals surface area contributed by atoms with E-state index in [-0.39, 0.29) is 30.5 Å². The van der Waals surface area contributed by atoms with Crippen LogP contribution in [-0.2, 0) is 25.6 Å². The molecule has 3 rings (SSSR count). The SMILES string of the molecule is CO[C@@H]1[C@H](C)[C@@H]2OC[C@@H](O2)[C@H]1OCc1ccccc1. The summed E-state index contributed by atoms with van der Waals surface area (Å²) in [5.41, 5.74) is 1.16. The van der Waals surface area contributed by atoms with E-state index < -0.39 is 0 Å². The van der Waals surface area contributed by atoms with Gasteiger partial charge >= 0.3 is 0 Å². The maximum atomic E-state index is 6.04. The van der Waals surface area contributed by atoms with Crippen LogP contribution in [0.3, 0.4) is 0 Å². The van der Waals surface area contributed by atoms with E-state index in [1.807, 2.05) is 18.2 Å². The zero-order valence-electron chi connectivity index (χ0n) is 11.3. The van der Waals surface area contributed by atoms with Crippen LogP contribution in [0.25, 0.3) is 0 Å². The van der Waals surface area contributed by atoms with Crippen LogP contribution in [0.2, 0.25) is 0 Å². The smallest absolute Gasteiger partial charge is 0.163 e. The average molecular weight is 264 g/mol. The fourth-order valence-corrected chi connectivity index (χ4v) is 2.87. The molecule has 2 saturated heterocycles. The molecule has 1 aromatic rings. The quantitative estimate of drug-likeness (QED) is 0.833. The minimum atomic E-state index is -0.147. The number of ether oxygens (including phenoxy) is 4. The van der Waals surface area contributed by atoms with Crippen LogP contribution in [0.15, 0.2) is 30.3 Å². The summed E-state index contributed by atoms with van der Waals surface area (Å²) < 4.78 is 23.1. The van der Waals surface area contributed by atoms with E-state index >= 15 is 0 Å². The van der Waals surface area contributed by atoms with E-state index in [2.05, 4.69) is 19.1 Å². The zero-order valence-corrected chi connectivity index (χ0v) is 11.3. The first-order chi connectivity index (χ1) is 9.29. The molecule has 0 saturated carbocycles. The third kappa shape index (κ3) is 2.54. The van der Waals surface area contributed by atoms with Crippen molar-refractivity contribution in [1.29, 1.82) is 0 Å². The fourth-order valence-electron chi connectivity index (χ4n) is 2.87. The summed E-state index contributed by atoms with van der Waals surface area (Å²) in [7, 11) is 1.73. The molecule has 0 aromatic heterocycles. The topological polar surface area (TPSA) is 36.9 Å². The second kappa shape index (κ2) is 5.59. The third-order valence-corrected chi connectivity index (χ3v) is 3.93. The normalized spacial score (nSPS) is 37.5. The molecule has 2 aliphatic rings. The predicted octanol–water partition coefficient (Wildman–Crippen LogP) is 1.98. The Hall–Kier alpha value is -0.940. The van der Waals surface area contributed by atoms with E-state index in [1.54, 1.807) is 7.11 Å². The highest BCUT2D eigenvalue weighted by molar-refractivity contribution is 5.13. The summed E-state index contributed by atoms with van der Waals surface area (Å²) in [5, 5.41) is 0. The van der Waals surface area contributed by atoms with Crippen molar-refractivity contribution >= 4 is 0 Å². The van der Waals surface area contributed by atoms with Gasteiger partial charge in [0.1, 0.15) is 12.2 Å². The molecule has 0 spiro atoms. The molecule has 5 atom stereocenters. The van der Waals surface area contributed by atoms with Gasteiger partial charge in [-0.1, -0.05) is 37.3 Å². The second-order valence-corrected chi connectivity index (χ2v) is 5.20. The first kappa shape index (κ1) is 13.1. The fraction of sp³-hybridized carbons (Fsp3) is 0.600. The standard InChI is InChI=1S/C15H20O4/c1-10-13(16-2)14(12-9-18-15(10)19-12)17-8-11-6-4-3-5-7-11/h3-7,10,12-15H,8-9H2,1-2H3/t10-,12+,13+,14+,15+/m0/s1. The van der Waals surface area contributed by atoms with Crippen LogP contribution >= 0.6 is 0 Å². The molecule has 19 heavy (non-hydrogen) atoms. The van der Waals surface area contributed by atoms with Crippen molar-refractivity contribution in [3.05, 3.63) is 35.9 Å². The number of rotatable bonds is 4. The first-order valence-corrected chi connectivity index (χ1v) is 6.75. The summed E-state index contributed by atoms with van der Waals surface area (Å²) in [5.74, 6) is 0.185. The zero-order chi connectivity index (χ0) is 13.2. The molecule has 0 aliphatic carbocycles. The van der Waals surface area contributed by atoms with Gasteiger partial charge in [0.05, 0.1) is 19.3 Å². The highest BCUT2D eigenvalue weighted by Crippen LogP contribution is 2.35. The molecular weight excluding hydrogens is 244 g/mol. The molecular formula is C15H20O4. The Balaban J connectivity index is 1.68. The van der Waals surface area contributed by atoms with E-state index in [9.17, 15) is 0 Å². The predicted molar refractivity (Wildman–Crippen MR) is 69.6 cm³/mol. The molecule has 0 amide bonds. The molecule has 0 N–H and O–H groups in total. The van der Waals surface area contributed by atoms with Gasteiger partial charge in [0, 0.05) is 13.0 Å². The molecule has 104 valence electrons. The molecule has 0 unspecified atom stereocenters. The van der Waals surface area contributed by atoms with Crippen LogP contribution in [-0.4, -0.2) is 38.3 Å². The van der Waals surface area contributed by atoms with Gasteiger partial charge < -0.3 is 18.9 Å². The second-order valence-electron chi connectivity index (χ2n) is 5.20. The summed E-state index contributed by atoms with van der Waals surface area (Å²) in [4.78, 5) is 0. The van der Waals surface area contributed by atoms with Crippen LogP contribution in [0.1, 0.15) is 12.5 Å². The number of hydrogen-bond donors (Lipinski definition) is 0. The molecule has 2 aliphatic heterocycles. The Bertz CT molecular complexity index is 408. The number of methoxy groups -OCH3 is 1. The number of benzene rings is 1. The van der Waals surface area contributed by atoms with Crippen LogP contribution < -0.4 is 0 Å². The van der Waals surface area contributed by atoms with Crippen LogP contribution in [0.4, 0.5) is 0 Å². The van der Waals surface area contributed by atoms with Crippen molar-refractivity contribution in [3.63, 3.8) is 0 Å². The Morgan fingerprint density at radius 2 is 2.00 bits per heavy atom. The van der Waals surface area contributed by atoms with Gasteiger partial charge in [-0.3, -0.25) is 0 Å². The molecule has 2 heterocycles. The van der Waals surface area contributed by atoms with Crippen molar-refractivity contribution in [2.24, 2.45) is 5.92 Å². The van der Waals surface area contributed by atoms with E-state index in [1.165, 1.54) is 0 Å². The summed E-state index contributed by atoms with van der Waals surface area (Å²) in [6.45, 7) is 3.25. The van der Waals surface area contributed by atoms with Gasteiger partial charge in [-0.2, -0.15) is 0 Å². The maximum absolute atomic E-state index is 6.04. The Morgan fingerprint density at radius 3 is 2.74 bits per heavy atom. The lowest BCUT2D eigenvalue weighted by Crippen LogP contribution is -2.51. The Labute approximate surface area is 113 Å². The highest BCUT2D eigenvalue weighted by Gasteiger charge is 2.49. The molecule has 4 nitrogen and oxygen atoms in total. The molecule has 4 heteroatoms. The molecule has 1 aromatic carbocycles. The minimum absolute atomic E-state index is 0.0186. The number of hydrogen-bond acceptors (Lipinski definition) is 4. The van der Waals surface area contributed by atoms with E-state index in [4.69, 9.17) is 18.9 Å². The van der Waals surface area contributed by atoms with Gasteiger partial charge in [-0.05, 0) is 5.56 Å². The third-order valence-electron chi connectivity index (χ3n) is 3.93. The van der Waals surface area contributed by atoms with Crippen molar-refractivity contribution in [1.82, 2.24) is 0 Å². The number of fused-ring (bicyclic) bond motifs is 2. The van der Waals surface area contributed by atoms with Crippen molar-refractivity contribution < 1.29 is 18.9 Å². The van der Waals surface area contributed by atoms with Crippen LogP contribution in [0, 0.1) is 5.92 Å². The first-order valence-electron chi connectivity index (χ1n) is 6.75. The van der Waals surface area contributed by atoms with Gasteiger partial charge in [0.2, 0.25) is 0 Å². The molecule has 2 bridgehead atoms. The largest absolute Gasteiger partial charge is 0.378 e. The molecule has 0 radical (unpaired) electrons. The summed E-state index contributed by atoms with van der Waals surface area (Å²) in [6.07, 6.45) is -0.213. The van der Waals surface area contributed by atoms with Gasteiger partial charge in [-0.25, -0.2) is 0 Å². The van der Waals surface area contributed by atoms with Crippen molar-refractivity contribution in [3.8, 4) is 0 Å². The van der Waals surface area contributed by atoms with Crippen molar-refractivity contribution in [2.45, 2.75) is 38.1 Å². The average Bonchev–Trinajstić information content (AvgIpc) is 2.89. The molecule has 2 fully saturated rings. The summed E-state index contributed by atoms with van der Waals surface area (Å²) >= 11 is 0. The van der Waals surface area contributed by atoms with Gasteiger partial charge in [-0.15, -0.1) is 0 Å². The summed E-state index contributed by atoms with van der Waals surface area (Å²) in [6, 6.07) is 10.1. The lowest BCUT2D eigenvalue weighted by Gasteiger charge is -2.38. The lowest BCUT2D eigenvalue weighted by atomic mass is 9.94. The Kier molecular flexibility index (Phi) is 3.84.